The number of benzene rings is 2. The number of sulfonamides is 1. The van der Waals surface area contributed by atoms with Gasteiger partial charge in [-0.3, -0.25) is 9.69 Å². The van der Waals surface area contributed by atoms with Gasteiger partial charge in [-0.05, 0) is 55.0 Å². The van der Waals surface area contributed by atoms with Gasteiger partial charge in [0, 0.05) is 19.7 Å². The standard InChI is InChI=1S/C22H20ClN3O4S2/c1-14-6-11-18(23)20-19(14)24-22(31-20)26(13-16-5-4-12-30-16)21(27)15-7-9-17(10-8-15)32(28,29)25(2)3/h4-12H,13H2,1-3H3. The normalized spacial score (nSPS) is 11.9. The van der Waals surface area contributed by atoms with Crippen LogP contribution in [0.4, 0.5) is 5.13 Å². The summed E-state index contributed by atoms with van der Waals surface area (Å²) in [5.41, 5.74) is 2.02. The van der Waals surface area contributed by atoms with Gasteiger partial charge in [0.1, 0.15) is 5.76 Å². The predicted molar refractivity (Wildman–Crippen MR) is 126 cm³/mol. The van der Waals surface area contributed by atoms with Crippen LogP contribution in [0.1, 0.15) is 21.7 Å². The van der Waals surface area contributed by atoms with Crippen molar-refractivity contribution in [3.8, 4) is 0 Å². The van der Waals surface area contributed by atoms with E-state index in [4.69, 9.17) is 16.0 Å². The average molecular weight is 490 g/mol. The third kappa shape index (κ3) is 4.16. The van der Waals surface area contributed by atoms with Crippen molar-refractivity contribution >= 4 is 54.2 Å². The number of halogens is 1. The monoisotopic (exact) mass is 489 g/mol. The second kappa shape index (κ2) is 8.67. The molecular weight excluding hydrogens is 470 g/mol. The molecule has 0 unspecified atom stereocenters. The van der Waals surface area contributed by atoms with Crippen LogP contribution in [0.3, 0.4) is 0 Å². The molecule has 0 fully saturated rings. The van der Waals surface area contributed by atoms with Crippen molar-refractivity contribution in [1.29, 1.82) is 0 Å². The Kier molecular flexibility index (Phi) is 6.09. The summed E-state index contributed by atoms with van der Waals surface area (Å²) in [6.07, 6.45) is 1.54. The van der Waals surface area contributed by atoms with Crippen LogP contribution >= 0.6 is 22.9 Å². The average Bonchev–Trinajstić information content (AvgIpc) is 3.45. The van der Waals surface area contributed by atoms with E-state index in [9.17, 15) is 13.2 Å². The van der Waals surface area contributed by atoms with Crippen LogP contribution in [0.5, 0.6) is 0 Å². The Labute approximate surface area is 194 Å². The van der Waals surface area contributed by atoms with Crippen LogP contribution in [-0.2, 0) is 16.6 Å². The van der Waals surface area contributed by atoms with Crippen molar-refractivity contribution in [2.45, 2.75) is 18.4 Å². The number of fused-ring (bicyclic) bond motifs is 1. The van der Waals surface area contributed by atoms with Gasteiger partial charge in [-0.15, -0.1) is 0 Å². The second-order valence-corrected chi connectivity index (χ2v) is 10.9. The van der Waals surface area contributed by atoms with E-state index in [0.717, 1.165) is 20.1 Å². The van der Waals surface area contributed by atoms with Gasteiger partial charge >= 0.3 is 0 Å². The Balaban J connectivity index is 1.75. The lowest BCUT2D eigenvalue weighted by Crippen LogP contribution is -2.30. The summed E-state index contributed by atoms with van der Waals surface area (Å²) in [7, 11) is -0.675. The third-order valence-corrected chi connectivity index (χ3v) is 8.30. The number of nitrogens with zero attached hydrogens (tertiary/aromatic N) is 3. The first-order chi connectivity index (χ1) is 15.2. The summed E-state index contributed by atoms with van der Waals surface area (Å²) in [4.78, 5) is 19.8. The maximum Gasteiger partial charge on any atom is 0.260 e. The summed E-state index contributed by atoms with van der Waals surface area (Å²) >= 11 is 7.68. The van der Waals surface area contributed by atoms with Crippen molar-refractivity contribution in [2.24, 2.45) is 0 Å². The summed E-state index contributed by atoms with van der Waals surface area (Å²) < 4.78 is 32.1. The molecule has 0 saturated heterocycles. The quantitative estimate of drug-likeness (QED) is 0.382. The van der Waals surface area contributed by atoms with Crippen molar-refractivity contribution in [3.05, 3.63) is 76.7 Å². The number of rotatable bonds is 6. The SMILES string of the molecule is Cc1ccc(Cl)c2sc(N(Cc3ccco3)C(=O)c3ccc(S(=O)(=O)N(C)C)cc3)nc12. The minimum absolute atomic E-state index is 0.110. The molecule has 4 aromatic rings. The van der Waals surface area contributed by atoms with Gasteiger partial charge in [-0.2, -0.15) is 0 Å². The van der Waals surface area contributed by atoms with Crippen molar-refractivity contribution in [3.63, 3.8) is 0 Å². The van der Waals surface area contributed by atoms with Gasteiger partial charge in [-0.1, -0.05) is 29.0 Å². The Hall–Kier alpha value is -2.72. The molecule has 2 heterocycles. The molecule has 1 amide bonds. The number of hydrogen-bond donors (Lipinski definition) is 0. The van der Waals surface area contributed by atoms with Crippen LogP contribution in [0.25, 0.3) is 10.2 Å². The van der Waals surface area contributed by atoms with Gasteiger partial charge in [0.15, 0.2) is 5.13 Å². The number of aromatic nitrogens is 1. The largest absolute Gasteiger partial charge is 0.467 e. The minimum atomic E-state index is -3.59. The number of carbonyl (C=O) groups is 1. The molecule has 0 aliphatic rings. The lowest BCUT2D eigenvalue weighted by Gasteiger charge is -2.19. The predicted octanol–water partition coefficient (Wildman–Crippen LogP) is 4.95. The van der Waals surface area contributed by atoms with Crippen molar-refractivity contribution in [2.75, 3.05) is 19.0 Å². The summed E-state index contributed by atoms with van der Waals surface area (Å²) in [5, 5.41) is 1.04. The maximum atomic E-state index is 13.5. The molecule has 7 nitrogen and oxygen atoms in total. The smallest absolute Gasteiger partial charge is 0.260 e. The van der Waals surface area contributed by atoms with E-state index in [2.05, 4.69) is 4.98 Å². The van der Waals surface area contributed by atoms with Gasteiger partial charge < -0.3 is 4.42 Å². The topological polar surface area (TPSA) is 83.7 Å². The molecule has 2 aromatic heterocycles. The number of aryl methyl sites for hydroxylation is 1. The number of amides is 1. The lowest BCUT2D eigenvalue weighted by atomic mass is 10.2. The molecule has 4 rings (SSSR count). The van der Waals surface area contributed by atoms with Gasteiger partial charge in [0.05, 0.1) is 32.9 Å². The van der Waals surface area contributed by atoms with Crippen LogP contribution in [0.2, 0.25) is 5.02 Å². The fraction of sp³-hybridized carbons (Fsp3) is 0.182. The Bertz CT molecular complexity index is 1340. The van der Waals surface area contributed by atoms with Crippen molar-refractivity contribution < 1.29 is 17.6 Å². The van der Waals surface area contributed by atoms with E-state index in [1.54, 1.807) is 12.1 Å². The van der Waals surface area contributed by atoms with Crippen LogP contribution in [0.15, 0.2) is 64.1 Å². The zero-order chi connectivity index (χ0) is 23.0. The maximum absolute atomic E-state index is 13.5. The lowest BCUT2D eigenvalue weighted by molar-refractivity contribution is 0.0983. The highest BCUT2D eigenvalue weighted by Crippen LogP contribution is 2.36. The first-order valence-corrected chi connectivity index (χ1v) is 12.2. The Morgan fingerprint density at radius 2 is 1.84 bits per heavy atom. The van der Waals surface area contributed by atoms with E-state index in [1.165, 1.54) is 60.9 Å². The molecule has 0 saturated carbocycles. The van der Waals surface area contributed by atoms with E-state index in [-0.39, 0.29) is 17.3 Å². The zero-order valence-electron chi connectivity index (χ0n) is 17.6. The first kappa shape index (κ1) is 22.5. The molecule has 0 bridgehead atoms. The zero-order valence-corrected chi connectivity index (χ0v) is 20.0. The Morgan fingerprint density at radius 1 is 1.12 bits per heavy atom. The minimum Gasteiger partial charge on any atom is -0.467 e. The number of carbonyl (C=O) groups excluding carboxylic acids is 1. The molecule has 2 aromatic carbocycles. The number of hydrogen-bond acceptors (Lipinski definition) is 6. The molecule has 32 heavy (non-hydrogen) atoms. The molecule has 166 valence electrons. The molecule has 0 spiro atoms. The molecule has 0 radical (unpaired) electrons. The molecule has 10 heteroatoms. The number of thiazole rings is 1. The molecule has 0 atom stereocenters. The molecule has 0 aliphatic heterocycles. The van der Waals surface area contributed by atoms with Crippen LogP contribution < -0.4 is 4.90 Å². The fourth-order valence-corrected chi connectivity index (χ4v) is 5.34. The van der Waals surface area contributed by atoms with E-state index in [1.807, 2.05) is 19.1 Å². The Morgan fingerprint density at radius 3 is 2.44 bits per heavy atom. The van der Waals surface area contributed by atoms with E-state index >= 15 is 0 Å². The molecule has 0 N–H and O–H groups in total. The second-order valence-electron chi connectivity index (χ2n) is 7.32. The fourth-order valence-electron chi connectivity index (χ4n) is 3.13. The molecular formula is C22H20ClN3O4S2. The van der Waals surface area contributed by atoms with Gasteiger partial charge in [-0.25, -0.2) is 17.7 Å². The van der Waals surface area contributed by atoms with E-state index < -0.39 is 10.0 Å². The first-order valence-electron chi connectivity index (χ1n) is 9.61. The highest BCUT2D eigenvalue weighted by molar-refractivity contribution is 7.89. The van der Waals surface area contributed by atoms with Crippen molar-refractivity contribution in [1.82, 2.24) is 9.29 Å². The van der Waals surface area contributed by atoms with Gasteiger partial charge in [0.25, 0.3) is 5.91 Å². The summed E-state index contributed by atoms with van der Waals surface area (Å²) in [5.74, 6) is 0.260. The summed E-state index contributed by atoms with van der Waals surface area (Å²) in [6.45, 7) is 2.10. The van der Waals surface area contributed by atoms with Gasteiger partial charge in [0.2, 0.25) is 10.0 Å². The summed E-state index contributed by atoms with van der Waals surface area (Å²) in [6, 6.07) is 13.1. The highest BCUT2D eigenvalue weighted by atomic mass is 35.5. The number of furan rings is 1. The van der Waals surface area contributed by atoms with Crippen LogP contribution in [-0.4, -0.2) is 37.7 Å². The van der Waals surface area contributed by atoms with Crippen LogP contribution in [0, 0.1) is 6.92 Å². The number of anilines is 1. The third-order valence-electron chi connectivity index (χ3n) is 4.94. The molecule has 0 aliphatic carbocycles. The highest BCUT2D eigenvalue weighted by Gasteiger charge is 2.25. The van der Waals surface area contributed by atoms with E-state index in [0.29, 0.717) is 21.5 Å².